The smallest absolute Gasteiger partial charge is 0.324 e. The Hall–Kier alpha value is -1.68. The summed E-state index contributed by atoms with van der Waals surface area (Å²) >= 11 is 0. The summed E-state index contributed by atoms with van der Waals surface area (Å²) in [5, 5.41) is 0. The first-order chi connectivity index (χ1) is 13.0. The number of rotatable bonds is 9. The van der Waals surface area contributed by atoms with E-state index in [4.69, 9.17) is 14.2 Å². The molecular weight excluding hydrogens is 372 g/mol. The molecule has 1 aliphatic carbocycles. The highest BCUT2D eigenvalue weighted by Crippen LogP contribution is 2.29. The number of benzene rings is 1. The fourth-order valence-electron chi connectivity index (χ4n) is 2.87. The first kappa shape index (κ1) is 20.1. The van der Waals surface area contributed by atoms with E-state index < -0.39 is 22.0 Å². The highest BCUT2D eigenvalue weighted by Gasteiger charge is 2.30. The van der Waals surface area contributed by atoms with Crippen molar-refractivity contribution < 1.29 is 27.4 Å². The second-order valence-electron chi connectivity index (χ2n) is 6.76. The van der Waals surface area contributed by atoms with Crippen molar-refractivity contribution in [3.8, 4) is 5.75 Å². The number of morpholine rings is 1. The van der Waals surface area contributed by atoms with Gasteiger partial charge in [0, 0.05) is 19.6 Å². The lowest BCUT2D eigenvalue weighted by atomic mass is 10.2. The molecule has 0 unspecified atom stereocenters. The summed E-state index contributed by atoms with van der Waals surface area (Å²) in [7, 11) is -2.45. The van der Waals surface area contributed by atoms with Crippen molar-refractivity contribution >= 4 is 16.0 Å². The number of ether oxygens (including phenoxy) is 3. The number of esters is 1. The minimum Gasteiger partial charge on any atom is -0.493 e. The van der Waals surface area contributed by atoms with Crippen LogP contribution >= 0.6 is 0 Å². The normalized spacial score (nSPS) is 19.4. The maximum Gasteiger partial charge on any atom is 0.324 e. The minimum absolute atomic E-state index is 0.0606. The van der Waals surface area contributed by atoms with Crippen molar-refractivity contribution in [3.05, 3.63) is 24.3 Å². The van der Waals surface area contributed by atoms with E-state index >= 15 is 0 Å². The van der Waals surface area contributed by atoms with Crippen LogP contribution in [0.1, 0.15) is 12.8 Å². The first-order valence-corrected chi connectivity index (χ1v) is 10.6. The van der Waals surface area contributed by atoms with Crippen LogP contribution in [-0.4, -0.2) is 71.9 Å². The van der Waals surface area contributed by atoms with Gasteiger partial charge < -0.3 is 14.2 Å². The molecule has 1 aromatic carbocycles. The largest absolute Gasteiger partial charge is 0.493 e. The van der Waals surface area contributed by atoms with Crippen LogP contribution in [0.4, 0.5) is 0 Å². The maximum atomic E-state index is 12.6. The van der Waals surface area contributed by atoms with Crippen LogP contribution in [0.2, 0.25) is 0 Å². The van der Waals surface area contributed by atoms with E-state index in [-0.39, 0.29) is 11.4 Å². The van der Waals surface area contributed by atoms with E-state index in [1.807, 2.05) is 4.90 Å². The summed E-state index contributed by atoms with van der Waals surface area (Å²) in [6, 6.07) is 5.63. The van der Waals surface area contributed by atoms with Gasteiger partial charge in [0.1, 0.15) is 11.8 Å². The molecule has 2 fully saturated rings. The third-order valence-electron chi connectivity index (χ3n) is 4.74. The number of methoxy groups -OCH3 is 1. The van der Waals surface area contributed by atoms with Crippen LogP contribution < -0.4 is 9.46 Å². The summed E-state index contributed by atoms with van der Waals surface area (Å²) < 4.78 is 43.4. The van der Waals surface area contributed by atoms with Crippen molar-refractivity contribution in [2.75, 3.05) is 46.6 Å². The molecule has 0 aromatic heterocycles. The lowest BCUT2D eigenvalue weighted by molar-refractivity contribution is -0.148. The number of carbonyl (C=O) groups excluding carboxylic acids is 1. The van der Waals surface area contributed by atoms with Gasteiger partial charge in [0.25, 0.3) is 0 Å². The summed E-state index contributed by atoms with van der Waals surface area (Å²) in [4.78, 5) is 14.1. The molecular formula is C18H26N2O6S. The third kappa shape index (κ3) is 5.65. The highest BCUT2D eigenvalue weighted by atomic mass is 32.2. The molecule has 150 valence electrons. The molecule has 1 aliphatic heterocycles. The quantitative estimate of drug-likeness (QED) is 0.610. The minimum atomic E-state index is -3.74. The molecule has 1 aromatic rings. The Kier molecular flexibility index (Phi) is 6.69. The molecule has 9 heteroatoms. The Bertz CT molecular complexity index is 727. The van der Waals surface area contributed by atoms with Crippen molar-refractivity contribution in [1.82, 2.24) is 9.62 Å². The predicted molar refractivity (Wildman–Crippen MR) is 98.0 cm³/mol. The fourth-order valence-corrected chi connectivity index (χ4v) is 3.91. The Morgan fingerprint density at radius 1 is 1.26 bits per heavy atom. The van der Waals surface area contributed by atoms with Gasteiger partial charge in [-0.05, 0) is 43.0 Å². The van der Waals surface area contributed by atoms with E-state index in [1.54, 1.807) is 12.1 Å². The molecule has 0 amide bonds. The predicted octanol–water partition coefficient (Wildman–Crippen LogP) is 0.628. The zero-order chi connectivity index (χ0) is 19.3. The zero-order valence-corrected chi connectivity index (χ0v) is 16.2. The van der Waals surface area contributed by atoms with Gasteiger partial charge in [-0.2, -0.15) is 0 Å². The number of nitrogens with one attached hydrogen (secondary N) is 1. The van der Waals surface area contributed by atoms with Crippen LogP contribution in [0, 0.1) is 5.92 Å². The number of hydrogen-bond donors (Lipinski definition) is 1. The molecule has 1 saturated heterocycles. The summed E-state index contributed by atoms with van der Waals surface area (Å²) in [5.41, 5.74) is 0. The fraction of sp³-hybridized carbons (Fsp3) is 0.611. The van der Waals surface area contributed by atoms with E-state index in [0.29, 0.717) is 44.6 Å². The van der Waals surface area contributed by atoms with Gasteiger partial charge in [0.15, 0.2) is 0 Å². The molecule has 8 nitrogen and oxygen atoms in total. The third-order valence-corrected chi connectivity index (χ3v) is 6.18. The Balaban J connectivity index is 1.60. The molecule has 1 heterocycles. The molecule has 1 atom stereocenters. The van der Waals surface area contributed by atoms with Crippen LogP contribution in [-0.2, 0) is 24.3 Å². The SMILES string of the molecule is COC(=O)[C@H](CNS(=O)(=O)c1ccc(OCC2CC2)cc1)N1CCOCC1. The average Bonchev–Trinajstić information content (AvgIpc) is 3.52. The number of sulfonamides is 1. The molecule has 3 rings (SSSR count). The Morgan fingerprint density at radius 3 is 2.52 bits per heavy atom. The first-order valence-electron chi connectivity index (χ1n) is 9.12. The molecule has 0 spiro atoms. The molecule has 0 radical (unpaired) electrons. The monoisotopic (exact) mass is 398 g/mol. The topological polar surface area (TPSA) is 94.2 Å². The van der Waals surface area contributed by atoms with Gasteiger partial charge in [-0.25, -0.2) is 13.1 Å². The number of hydrogen-bond acceptors (Lipinski definition) is 7. The van der Waals surface area contributed by atoms with Crippen molar-refractivity contribution in [1.29, 1.82) is 0 Å². The van der Waals surface area contributed by atoms with Crippen molar-refractivity contribution in [2.45, 2.75) is 23.8 Å². The second kappa shape index (κ2) is 9.01. The lowest BCUT2D eigenvalue weighted by Crippen LogP contribution is -2.52. The van der Waals surface area contributed by atoms with Crippen LogP contribution in [0.25, 0.3) is 0 Å². The van der Waals surface area contributed by atoms with Crippen LogP contribution in [0.3, 0.4) is 0 Å². The molecule has 1 N–H and O–H groups in total. The van der Waals surface area contributed by atoms with Gasteiger partial charge in [0.05, 0.1) is 31.8 Å². The molecule has 0 bridgehead atoms. The number of carbonyl (C=O) groups is 1. The summed E-state index contributed by atoms with van der Waals surface area (Å²) in [6.07, 6.45) is 2.39. The summed E-state index contributed by atoms with van der Waals surface area (Å²) in [5.74, 6) is 0.815. The molecule has 27 heavy (non-hydrogen) atoms. The molecule has 2 aliphatic rings. The second-order valence-corrected chi connectivity index (χ2v) is 8.53. The Labute approximate surface area is 159 Å². The molecule has 1 saturated carbocycles. The van der Waals surface area contributed by atoms with Gasteiger partial charge in [-0.3, -0.25) is 9.69 Å². The van der Waals surface area contributed by atoms with E-state index in [1.165, 1.54) is 32.1 Å². The summed E-state index contributed by atoms with van der Waals surface area (Å²) in [6.45, 7) is 2.72. The maximum absolute atomic E-state index is 12.6. The van der Waals surface area contributed by atoms with Crippen LogP contribution in [0.15, 0.2) is 29.2 Å². The zero-order valence-electron chi connectivity index (χ0n) is 15.4. The van der Waals surface area contributed by atoms with Gasteiger partial charge in [-0.1, -0.05) is 0 Å². The average molecular weight is 398 g/mol. The van der Waals surface area contributed by atoms with Crippen molar-refractivity contribution in [2.24, 2.45) is 5.92 Å². The van der Waals surface area contributed by atoms with E-state index in [0.717, 1.165) is 0 Å². The van der Waals surface area contributed by atoms with Gasteiger partial charge >= 0.3 is 5.97 Å². The highest BCUT2D eigenvalue weighted by molar-refractivity contribution is 7.89. The van der Waals surface area contributed by atoms with Crippen molar-refractivity contribution in [3.63, 3.8) is 0 Å². The standard InChI is InChI=1S/C18H26N2O6S/c1-24-18(21)17(20-8-10-25-11-9-20)12-19-27(22,23)16-6-4-15(5-7-16)26-13-14-2-3-14/h4-7,14,17,19H,2-3,8-13H2,1H3/t17-/m0/s1. The van der Waals surface area contributed by atoms with E-state index in [9.17, 15) is 13.2 Å². The van der Waals surface area contributed by atoms with Crippen LogP contribution in [0.5, 0.6) is 5.75 Å². The number of nitrogens with zero attached hydrogens (tertiary/aromatic N) is 1. The van der Waals surface area contributed by atoms with Gasteiger partial charge in [0.2, 0.25) is 10.0 Å². The van der Waals surface area contributed by atoms with Gasteiger partial charge in [-0.15, -0.1) is 0 Å². The Morgan fingerprint density at radius 2 is 1.93 bits per heavy atom. The van der Waals surface area contributed by atoms with E-state index in [2.05, 4.69) is 4.72 Å². The lowest BCUT2D eigenvalue weighted by Gasteiger charge is -2.32.